The van der Waals surface area contributed by atoms with Crippen molar-refractivity contribution in [1.29, 1.82) is 0 Å². The van der Waals surface area contributed by atoms with Crippen molar-refractivity contribution >= 4 is 40.8 Å². The number of anilines is 1. The molecule has 1 aliphatic carbocycles. The lowest BCUT2D eigenvalue weighted by molar-refractivity contribution is -0.136. The van der Waals surface area contributed by atoms with Gasteiger partial charge in [-0.3, -0.25) is 39.1 Å². The maximum atomic E-state index is 13.5. The molecule has 43 heavy (non-hydrogen) atoms. The van der Waals surface area contributed by atoms with Gasteiger partial charge >= 0.3 is 0 Å². The quantitative estimate of drug-likeness (QED) is 0.408. The Bertz CT molecular complexity index is 1550. The number of hydrogen-bond acceptors (Lipinski definition) is 7. The van der Waals surface area contributed by atoms with E-state index in [-0.39, 0.29) is 35.3 Å². The summed E-state index contributed by atoms with van der Waals surface area (Å²) < 4.78 is 0. The second-order valence-corrected chi connectivity index (χ2v) is 12.8. The van der Waals surface area contributed by atoms with Crippen molar-refractivity contribution in [2.45, 2.75) is 52.0 Å². The van der Waals surface area contributed by atoms with Crippen molar-refractivity contribution in [3.05, 3.63) is 70.3 Å². The number of nitrogens with zero attached hydrogens (tertiary/aromatic N) is 3. The largest absolute Gasteiger partial charge is 0.399 e. The van der Waals surface area contributed by atoms with Gasteiger partial charge in [-0.1, -0.05) is 31.6 Å². The lowest BCUT2D eigenvalue weighted by Gasteiger charge is -2.38. The van der Waals surface area contributed by atoms with Crippen LogP contribution in [0.5, 0.6) is 0 Å². The van der Waals surface area contributed by atoms with E-state index in [4.69, 9.17) is 5.73 Å². The van der Waals surface area contributed by atoms with Gasteiger partial charge in [0.2, 0.25) is 11.8 Å². The molecule has 10 nitrogen and oxygen atoms in total. The molecule has 3 aliphatic heterocycles. The van der Waals surface area contributed by atoms with Gasteiger partial charge in [0.15, 0.2) is 0 Å². The van der Waals surface area contributed by atoms with Gasteiger partial charge in [-0.2, -0.15) is 0 Å². The minimum absolute atomic E-state index is 0.0531. The second kappa shape index (κ2) is 11.1. The van der Waals surface area contributed by atoms with Crippen molar-refractivity contribution in [1.82, 2.24) is 20.0 Å². The molecule has 1 atom stereocenters. The van der Waals surface area contributed by atoms with E-state index in [1.165, 1.54) is 28.8 Å². The minimum Gasteiger partial charge on any atom is -0.399 e. The van der Waals surface area contributed by atoms with Crippen LogP contribution in [0.3, 0.4) is 0 Å². The summed E-state index contributed by atoms with van der Waals surface area (Å²) in [6, 6.07) is 11.6. The summed E-state index contributed by atoms with van der Waals surface area (Å²) in [4.78, 5) is 68.7. The first-order valence-electron chi connectivity index (χ1n) is 14.9. The number of piperazine rings is 1. The van der Waals surface area contributed by atoms with Crippen LogP contribution in [0.2, 0.25) is 0 Å². The fraction of sp³-hybridized carbons (Fsp3) is 0.424. The highest BCUT2D eigenvalue weighted by atomic mass is 16.2. The molecular formula is C33H37N5O5. The van der Waals surface area contributed by atoms with E-state index in [1.807, 2.05) is 12.1 Å². The number of benzene rings is 2. The van der Waals surface area contributed by atoms with Gasteiger partial charge in [-0.15, -0.1) is 0 Å². The summed E-state index contributed by atoms with van der Waals surface area (Å²) in [6.07, 6.45) is 3.34. The summed E-state index contributed by atoms with van der Waals surface area (Å²) in [5, 5.41) is 2.20. The molecule has 0 saturated carbocycles. The van der Waals surface area contributed by atoms with Gasteiger partial charge in [0.25, 0.3) is 17.7 Å². The number of nitrogen functional groups attached to an aromatic ring is 1. The van der Waals surface area contributed by atoms with Crippen LogP contribution in [0.25, 0.3) is 5.57 Å². The Labute approximate surface area is 250 Å². The third-order valence-electron chi connectivity index (χ3n) is 9.21. The monoisotopic (exact) mass is 583 g/mol. The van der Waals surface area contributed by atoms with E-state index in [0.717, 1.165) is 49.5 Å². The molecule has 0 bridgehead atoms. The number of hydrogen-bond donors (Lipinski definition) is 2. The summed E-state index contributed by atoms with van der Waals surface area (Å²) in [5.41, 5.74) is 11.6. The first-order chi connectivity index (χ1) is 20.5. The first-order valence-corrected chi connectivity index (χ1v) is 14.9. The van der Waals surface area contributed by atoms with E-state index >= 15 is 0 Å². The maximum absolute atomic E-state index is 13.5. The van der Waals surface area contributed by atoms with Gasteiger partial charge in [0, 0.05) is 50.4 Å². The van der Waals surface area contributed by atoms with Crippen LogP contribution in [0, 0.1) is 5.41 Å². The highest BCUT2D eigenvalue weighted by Crippen LogP contribution is 2.43. The van der Waals surface area contributed by atoms with Crippen LogP contribution in [0.4, 0.5) is 5.69 Å². The number of carbonyl (C=O) groups excluding carboxylic acids is 5. The van der Waals surface area contributed by atoms with Crippen LogP contribution in [-0.2, 0) is 9.59 Å². The van der Waals surface area contributed by atoms with Crippen LogP contribution >= 0.6 is 0 Å². The van der Waals surface area contributed by atoms with Crippen molar-refractivity contribution in [3.63, 3.8) is 0 Å². The van der Waals surface area contributed by atoms with Crippen molar-refractivity contribution in [2.24, 2.45) is 5.41 Å². The Kier molecular flexibility index (Phi) is 7.41. The van der Waals surface area contributed by atoms with Crippen LogP contribution in [0.15, 0.2) is 48.0 Å². The molecule has 3 N–H and O–H groups in total. The Morgan fingerprint density at radius 3 is 2.33 bits per heavy atom. The number of imide groups is 2. The average molecular weight is 584 g/mol. The smallest absolute Gasteiger partial charge is 0.262 e. The molecular weight excluding hydrogens is 546 g/mol. The fourth-order valence-electron chi connectivity index (χ4n) is 6.66. The Morgan fingerprint density at radius 1 is 0.930 bits per heavy atom. The molecule has 2 fully saturated rings. The Morgan fingerprint density at radius 2 is 1.63 bits per heavy atom. The van der Waals surface area contributed by atoms with E-state index in [2.05, 4.69) is 36.2 Å². The van der Waals surface area contributed by atoms with Gasteiger partial charge < -0.3 is 10.6 Å². The lowest BCUT2D eigenvalue weighted by atomic mass is 9.72. The van der Waals surface area contributed by atoms with Crippen molar-refractivity contribution < 1.29 is 24.0 Å². The SMILES string of the molecule is CC1(C)CCC(CN2CCN(C(=O)c3ccc4c(c3)C(=O)N(C3CCC(=O)NC3=O)C4=O)CC2)=C(c2ccc(N)cc2)C1. The van der Waals surface area contributed by atoms with Crippen LogP contribution in [-0.4, -0.2) is 83.0 Å². The lowest BCUT2D eigenvalue weighted by Crippen LogP contribution is -2.54. The van der Waals surface area contributed by atoms with E-state index < -0.39 is 29.7 Å². The third kappa shape index (κ3) is 5.59. The maximum Gasteiger partial charge on any atom is 0.262 e. The summed E-state index contributed by atoms with van der Waals surface area (Å²) >= 11 is 0. The van der Waals surface area contributed by atoms with E-state index in [0.29, 0.717) is 18.7 Å². The molecule has 1 unspecified atom stereocenters. The molecule has 2 aromatic rings. The van der Waals surface area contributed by atoms with Gasteiger partial charge in [0.05, 0.1) is 11.1 Å². The topological polar surface area (TPSA) is 133 Å². The number of rotatable bonds is 5. The molecule has 0 aromatic heterocycles. The normalized spacial score (nSPS) is 22.6. The number of carbonyl (C=O) groups is 5. The Balaban J connectivity index is 1.12. The van der Waals surface area contributed by atoms with Gasteiger partial charge in [0.1, 0.15) is 6.04 Å². The second-order valence-electron chi connectivity index (χ2n) is 12.8. The molecule has 0 spiro atoms. The molecule has 10 heteroatoms. The predicted octanol–water partition coefficient (Wildman–Crippen LogP) is 3.09. The number of nitrogens with two attached hydrogens (primary N) is 1. The molecule has 2 saturated heterocycles. The summed E-state index contributed by atoms with van der Waals surface area (Å²) in [7, 11) is 0. The van der Waals surface area contributed by atoms with Crippen LogP contribution < -0.4 is 11.1 Å². The first kappa shape index (κ1) is 28.8. The fourth-order valence-corrected chi connectivity index (χ4v) is 6.66. The molecule has 0 radical (unpaired) electrons. The Hall–Kier alpha value is -4.31. The molecule has 224 valence electrons. The molecule has 3 heterocycles. The molecule has 5 amide bonds. The summed E-state index contributed by atoms with van der Waals surface area (Å²) in [5.74, 6) is -2.47. The van der Waals surface area contributed by atoms with E-state index in [9.17, 15) is 24.0 Å². The number of piperidine rings is 1. The predicted molar refractivity (Wildman–Crippen MR) is 161 cm³/mol. The zero-order chi connectivity index (χ0) is 30.5. The van der Waals surface area contributed by atoms with E-state index in [1.54, 1.807) is 11.0 Å². The zero-order valence-electron chi connectivity index (χ0n) is 24.7. The van der Waals surface area contributed by atoms with Crippen molar-refractivity contribution in [2.75, 3.05) is 38.5 Å². The highest BCUT2D eigenvalue weighted by molar-refractivity contribution is 6.24. The van der Waals surface area contributed by atoms with Gasteiger partial charge in [-0.25, -0.2) is 0 Å². The molecule has 6 rings (SSSR count). The third-order valence-corrected chi connectivity index (χ3v) is 9.21. The molecule has 2 aromatic carbocycles. The number of amides is 5. The number of nitrogens with one attached hydrogen (secondary N) is 1. The average Bonchev–Trinajstić information content (AvgIpc) is 3.23. The van der Waals surface area contributed by atoms with Gasteiger partial charge in [-0.05, 0) is 72.6 Å². The number of fused-ring (bicyclic) bond motifs is 1. The highest BCUT2D eigenvalue weighted by Gasteiger charge is 2.45. The minimum atomic E-state index is -1.04. The number of allylic oxidation sites excluding steroid dienone is 1. The van der Waals surface area contributed by atoms with Crippen LogP contribution in [0.1, 0.15) is 82.6 Å². The van der Waals surface area contributed by atoms with Crippen molar-refractivity contribution in [3.8, 4) is 0 Å². The summed E-state index contributed by atoms with van der Waals surface area (Å²) in [6.45, 7) is 8.09. The standard InChI is InChI=1S/C33H37N5O5/c1-33(2)12-11-22(26(18-33)20-3-6-23(34)7-4-20)19-36-13-15-37(16-14-36)30(41)21-5-8-24-25(17-21)32(43)38(31(24)42)27-9-10-28(39)35-29(27)40/h3-8,17,27H,9-16,18-19,34H2,1-2H3,(H,35,39,40). The zero-order valence-corrected chi connectivity index (χ0v) is 24.7. The molecule has 4 aliphatic rings.